The molecule has 18 heavy (non-hydrogen) atoms. The van der Waals surface area contributed by atoms with Gasteiger partial charge in [-0.2, -0.15) is 0 Å². The van der Waals surface area contributed by atoms with Gasteiger partial charge in [-0.05, 0) is 69.8 Å². The summed E-state index contributed by atoms with van der Waals surface area (Å²) < 4.78 is 0. The van der Waals surface area contributed by atoms with E-state index >= 15 is 0 Å². The molecule has 1 heteroatoms. The molecule has 1 aromatic rings. The highest BCUT2D eigenvalue weighted by Crippen LogP contribution is 2.32. The summed E-state index contributed by atoms with van der Waals surface area (Å²) in [6.45, 7) is 4.62. The van der Waals surface area contributed by atoms with Gasteiger partial charge in [0.2, 0.25) is 0 Å². The maximum atomic E-state index is 2.32. The zero-order chi connectivity index (χ0) is 12.8. The molecule has 2 rings (SSSR count). The molecule has 0 aromatic heterocycles. The molecule has 0 spiro atoms. The van der Waals surface area contributed by atoms with Crippen molar-refractivity contribution in [3.63, 3.8) is 0 Å². The lowest BCUT2D eigenvalue weighted by atomic mass is 9.83. The molecule has 0 saturated heterocycles. The van der Waals surface area contributed by atoms with E-state index in [1.807, 2.05) is 11.8 Å². The SMILES string of the molecule is CC1=C(C)CC(CCCSc2ccccc2)CC1. The fraction of sp³-hybridized carbons (Fsp3) is 0.529. The van der Waals surface area contributed by atoms with Gasteiger partial charge >= 0.3 is 0 Å². The Bertz CT molecular complexity index is 391. The highest BCUT2D eigenvalue weighted by Gasteiger charge is 2.15. The van der Waals surface area contributed by atoms with Crippen molar-refractivity contribution in [2.45, 2.75) is 50.8 Å². The van der Waals surface area contributed by atoms with Gasteiger partial charge in [0, 0.05) is 4.90 Å². The van der Waals surface area contributed by atoms with Crippen molar-refractivity contribution < 1.29 is 0 Å². The summed E-state index contributed by atoms with van der Waals surface area (Å²) in [5, 5.41) is 0. The van der Waals surface area contributed by atoms with Gasteiger partial charge in [-0.25, -0.2) is 0 Å². The Morgan fingerprint density at radius 1 is 1.11 bits per heavy atom. The first-order valence-electron chi connectivity index (χ1n) is 7.09. The molecule has 1 aliphatic carbocycles. The summed E-state index contributed by atoms with van der Waals surface area (Å²) in [4.78, 5) is 1.41. The van der Waals surface area contributed by atoms with E-state index in [-0.39, 0.29) is 0 Å². The zero-order valence-corrected chi connectivity index (χ0v) is 12.4. The quantitative estimate of drug-likeness (QED) is 0.372. The predicted octanol–water partition coefficient (Wildman–Crippen LogP) is 5.70. The molecule has 0 fully saturated rings. The van der Waals surface area contributed by atoms with Gasteiger partial charge in [-0.15, -0.1) is 11.8 Å². The molecule has 0 aliphatic heterocycles. The first-order chi connectivity index (χ1) is 8.75. The number of allylic oxidation sites excluding steroid dienone is 2. The Labute approximate surface area is 116 Å². The van der Waals surface area contributed by atoms with E-state index in [0.717, 1.165) is 5.92 Å². The summed E-state index contributed by atoms with van der Waals surface area (Å²) in [6.07, 6.45) is 6.87. The van der Waals surface area contributed by atoms with Crippen LogP contribution in [0.25, 0.3) is 0 Å². The van der Waals surface area contributed by atoms with Crippen molar-refractivity contribution in [2.24, 2.45) is 5.92 Å². The molecule has 0 nitrogen and oxygen atoms in total. The minimum atomic E-state index is 0.949. The van der Waals surface area contributed by atoms with E-state index in [1.54, 1.807) is 11.1 Å². The summed E-state index contributed by atoms with van der Waals surface area (Å²) in [6, 6.07) is 10.8. The van der Waals surface area contributed by atoms with Gasteiger partial charge in [-0.3, -0.25) is 0 Å². The Morgan fingerprint density at radius 3 is 2.61 bits per heavy atom. The van der Waals surface area contributed by atoms with Crippen LogP contribution in [0.5, 0.6) is 0 Å². The Kier molecular flexibility index (Phi) is 5.37. The van der Waals surface area contributed by atoms with Crippen LogP contribution in [-0.4, -0.2) is 5.75 Å². The Morgan fingerprint density at radius 2 is 1.89 bits per heavy atom. The summed E-state index contributed by atoms with van der Waals surface area (Å²) in [5.41, 5.74) is 3.30. The lowest BCUT2D eigenvalue weighted by Crippen LogP contribution is -2.08. The van der Waals surface area contributed by atoms with Crippen molar-refractivity contribution in [3.8, 4) is 0 Å². The van der Waals surface area contributed by atoms with Gasteiger partial charge in [0.1, 0.15) is 0 Å². The first-order valence-corrected chi connectivity index (χ1v) is 8.07. The molecule has 0 saturated carbocycles. The number of benzene rings is 1. The normalized spacial score (nSPS) is 20.2. The maximum Gasteiger partial charge on any atom is 0.00719 e. The van der Waals surface area contributed by atoms with E-state index in [4.69, 9.17) is 0 Å². The van der Waals surface area contributed by atoms with Crippen molar-refractivity contribution in [1.82, 2.24) is 0 Å². The molecule has 1 aromatic carbocycles. The molecular weight excluding hydrogens is 236 g/mol. The molecule has 0 bridgehead atoms. The monoisotopic (exact) mass is 260 g/mol. The van der Waals surface area contributed by atoms with E-state index in [9.17, 15) is 0 Å². The van der Waals surface area contributed by atoms with Gasteiger partial charge < -0.3 is 0 Å². The number of rotatable bonds is 5. The minimum Gasteiger partial charge on any atom is -0.126 e. The van der Waals surface area contributed by atoms with E-state index < -0.39 is 0 Å². The van der Waals surface area contributed by atoms with Crippen LogP contribution >= 0.6 is 11.8 Å². The summed E-state index contributed by atoms with van der Waals surface area (Å²) in [5.74, 6) is 2.22. The molecule has 0 heterocycles. The zero-order valence-electron chi connectivity index (χ0n) is 11.6. The number of hydrogen-bond acceptors (Lipinski definition) is 1. The largest absolute Gasteiger partial charge is 0.126 e. The maximum absolute atomic E-state index is 2.32. The third-order valence-electron chi connectivity index (χ3n) is 4.02. The second-order valence-corrected chi connectivity index (χ2v) is 6.64. The van der Waals surface area contributed by atoms with Gasteiger partial charge in [-0.1, -0.05) is 29.3 Å². The molecule has 0 amide bonds. The van der Waals surface area contributed by atoms with Crippen molar-refractivity contribution in [2.75, 3.05) is 5.75 Å². The molecule has 98 valence electrons. The van der Waals surface area contributed by atoms with Crippen LogP contribution < -0.4 is 0 Å². The highest BCUT2D eigenvalue weighted by molar-refractivity contribution is 7.99. The van der Waals surface area contributed by atoms with Crippen LogP contribution in [0.1, 0.15) is 46.0 Å². The number of hydrogen-bond donors (Lipinski definition) is 0. The Hall–Kier alpha value is -0.690. The average Bonchev–Trinajstić information content (AvgIpc) is 2.40. The second-order valence-electron chi connectivity index (χ2n) is 5.47. The van der Waals surface area contributed by atoms with Crippen LogP contribution in [-0.2, 0) is 0 Å². The van der Waals surface area contributed by atoms with Crippen LogP contribution in [0.4, 0.5) is 0 Å². The topological polar surface area (TPSA) is 0 Å². The Balaban J connectivity index is 1.65. The fourth-order valence-electron chi connectivity index (χ4n) is 2.67. The minimum absolute atomic E-state index is 0.949. The third kappa shape index (κ3) is 4.20. The van der Waals surface area contributed by atoms with E-state index in [1.165, 1.54) is 42.8 Å². The van der Waals surface area contributed by atoms with Crippen molar-refractivity contribution in [3.05, 3.63) is 41.5 Å². The van der Waals surface area contributed by atoms with Crippen LogP contribution in [0.2, 0.25) is 0 Å². The summed E-state index contributed by atoms with van der Waals surface area (Å²) >= 11 is 2.00. The van der Waals surface area contributed by atoms with Gasteiger partial charge in [0.25, 0.3) is 0 Å². The van der Waals surface area contributed by atoms with Crippen molar-refractivity contribution >= 4 is 11.8 Å². The van der Waals surface area contributed by atoms with E-state index in [0.29, 0.717) is 0 Å². The van der Waals surface area contributed by atoms with E-state index in [2.05, 4.69) is 44.2 Å². The second kappa shape index (κ2) is 7.04. The standard InChI is InChI=1S/C17H24S/c1-14-10-11-16(13-15(14)2)7-6-12-18-17-8-4-3-5-9-17/h3-5,8-9,16H,6-7,10-13H2,1-2H3. The smallest absolute Gasteiger partial charge is 0.00719 e. The van der Waals surface area contributed by atoms with Crippen LogP contribution in [0, 0.1) is 5.92 Å². The van der Waals surface area contributed by atoms with Crippen LogP contribution in [0.15, 0.2) is 46.4 Å². The lowest BCUT2D eigenvalue weighted by molar-refractivity contribution is 0.421. The average molecular weight is 260 g/mol. The summed E-state index contributed by atoms with van der Waals surface area (Å²) in [7, 11) is 0. The fourth-order valence-corrected chi connectivity index (χ4v) is 3.56. The van der Waals surface area contributed by atoms with Gasteiger partial charge in [0.15, 0.2) is 0 Å². The number of thioether (sulfide) groups is 1. The first kappa shape index (κ1) is 13.7. The lowest BCUT2D eigenvalue weighted by Gasteiger charge is -2.24. The molecular formula is C17H24S. The molecule has 1 atom stereocenters. The molecule has 1 aliphatic rings. The third-order valence-corrected chi connectivity index (χ3v) is 5.12. The van der Waals surface area contributed by atoms with Gasteiger partial charge in [0.05, 0.1) is 0 Å². The molecule has 0 N–H and O–H groups in total. The highest BCUT2D eigenvalue weighted by atomic mass is 32.2. The predicted molar refractivity (Wildman–Crippen MR) is 82.1 cm³/mol. The van der Waals surface area contributed by atoms with Crippen LogP contribution in [0.3, 0.4) is 0 Å². The van der Waals surface area contributed by atoms with Crippen molar-refractivity contribution in [1.29, 1.82) is 0 Å². The molecule has 0 radical (unpaired) electrons. The molecule has 1 unspecified atom stereocenters.